The fourth-order valence-corrected chi connectivity index (χ4v) is 2.77. The van der Waals surface area contributed by atoms with Crippen molar-refractivity contribution in [2.24, 2.45) is 0 Å². The fraction of sp³-hybridized carbons (Fsp3) is 0.529. The molecule has 2 heterocycles. The van der Waals surface area contributed by atoms with Crippen LogP contribution in [0.3, 0.4) is 0 Å². The fourth-order valence-electron chi connectivity index (χ4n) is 2.57. The Hall–Kier alpha value is -1.09. The Morgan fingerprint density at radius 2 is 1.45 bits per heavy atom. The van der Waals surface area contributed by atoms with Gasteiger partial charge in [0.25, 0.3) is 0 Å². The minimum Gasteiger partial charge on any atom is -0.352 e. The average Bonchev–Trinajstić information content (AvgIpc) is 3.04. The van der Waals surface area contributed by atoms with Crippen LogP contribution in [-0.2, 0) is 0 Å². The highest BCUT2D eigenvalue weighted by atomic mass is 32.1. The van der Waals surface area contributed by atoms with Crippen LogP contribution in [0.25, 0.3) is 0 Å². The molecular weight excluding hydrogens is 264 g/mol. The van der Waals surface area contributed by atoms with Gasteiger partial charge < -0.3 is 8.54 Å². The second-order valence-electron chi connectivity index (χ2n) is 6.19. The molecule has 2 rings (SSSR count). The number of rotatable bonds is 6. The molecular formula is C17H26N2S. The van der Waals surface area contributed by atoms with Gasteiger partial charge in [-0.25, -0.2) is 0 Å². The number of hydrogen-bond acceptors (Lipinski definition) is 1. The van der Waals surface area contributed by atoms with Gasteiger partial charge in [0.1, 0.15) is 0 Å². The molecule has 0 aliphatic rings. The maximum absolute atomic E-state index is 4.30. The Kier molecular flexibility index (Phi) is 5.03. The summed E-state index contributed by atoms with van der Waals surface area (Å²) in [4.78, 5) is 0. The monoisotopic (exact) mass is 290 g/mol. The first-order valence-electron chi connectivity index (χ1n) is 7.52. The van der Waals surface area contributed by atoms with E-state index in [1.807, 2.05) is 10.2 Å². The Bertz CT molecular complexity index is 539. The number of aromatic nitrogens is 2. The highest BCUT2D eigenvalue weighted by Crippen LogP contribution is 2.28. The highest BCUT2D eigenvalue weighted by molar-refractivity contribution is 7.78. The van der Waals surface area contributed by atoms with Crippen LogP contribution in [0.2, 0.25) is 0 Å². The molecule has 0 saturated heterocycles. The van der Waals surface area contributed by atoms with Gasteiger partial charge in [0.05, 0.1) is 0 Å². The van der Waals surface area contributed by atoms with Gasteiger partial charge in [0.2, 0.25) is 0 Å². The predicted octanol–water partition coefficient (Wildman–Crippen LogP) is 5.25. The summed E-state index contributed by atoms with van der Waals surface area (Å²) >= 11 is 4.30. The molecule has 0 amide bonds. The third-order valence-corrected chi connectivity index (χ3v) is 4.45. The first kappa shape index (κ1) is 15.3. The summed E-state index contributed by atoms with van der Waals surface area (Å²) in [5.41, 5.74) is 2.84. The standard InChI is InChI=1S/C17H26N2S/c1-13(2)18-9-7-16(11-18)14(3)5-6-15(4)17-8-10-19(20)12-17/h7-15,20H,5-6H2,1-4H3. The van der Waals surface area contributed by atoms with E-state index in [2.05, 4.69) is 75.8 Å². The van der Waals surface area contributed by atoms with Gasteiger partial charge in [-0.05, 0) is 61.8 Å². The molecule has 0 aliphatic heterocycles. The Morgan fingerprint density at radius 1 is 0.900 bits per heavy atom. The molecule has 0 aromatic carbocycles. The molecule has 0 aliphatic carbocycles. The van der Waals surface area contributed by atoms with Crippen LogP contribution >= 0.6 is 12.8 Å². The molecule has 0 bridgehead atoms. The van der Waals surface area contributed by atoms with E-state index in [0.717, 1.165) is 0 Å². The molecule has 2 nitrogen and oxygen atoms in total. The summed E-state index contributed by atoms with van der Waals surface area (Å²) in [6.07, 6.45) is 11.0. The lowest BCUT2D eigenvalue weighted by atomic mass is 9.91. The highest BCUT2D eigenvalue weighted by Gasteiger charge is 2.12. The maximum atomic E-state index is 4.30. The van der Waals surface area contributed by atoms with E-state index in [1.165, 1.54) is 24.0 Å². The third kappa shape index (κ3) is 3.72. The van der Waals surface area contributed by atoms with Gasteiger partial charge in [-0.1, -0.05) is 26.7 Å². The topological polar surface area (TPSA) is 9.86 Å². The lowest BCUT2D eigenvalue weighted by molar-refractivity contribution is 0.567. The zero-order valence-electron chi connectivity index (χ0n) is 13.0. The Morgan fingerprint density at radius 3 is 1.90 bits per heavy atom. The van der Waals surface area contributed by atoms with Crippen molar-refractivity contribution in [1.29, 1.82) is 0 Å². The minimum atomic E-state index is 0.546. The lowest BCUT2D eigenvalue weighted by Crippen LogP contribution is -1.99. The van der Waals surface area contributed by atoms with E-state index < -0.39 is 0 Å². The molecule has 2 atom stereocenters. The van der Waals surface area contributed by atoms with Crippen LogP contribution < -0.4 is 0 Å². The molecule has 0 saturated carbocycles. The van der Waals surface area contributed by atoms with Crippen molar-refractivity contribution >= 4 is 12.8 Å². The quantitative estimate of drug-likeness (QED) is 0.696. The van der Waals surface area contributed by atoms with Crippen LogP contribution in [0.1, 0.15) is 69.5 Å². The Labute approximate surface area is 128 Å². The average molecular weight is 290 g/mol. The number of thiol groups is 1. The normalized spacial score (nSPS) is 14.7. The molecule has 2 aromatic rings. The van der Waals surface area contributed by atoms with E-state index >= 15 is 0 Å². The van der Waals surface area contributed by atoms with Crippen molar-refractivity contribution in [1.82, 2.24) is 8.54 Å². The molecule has 3 heteroatoms. The Balaban J connectivity index is 1.89. The molecule has 0 fully saturated rings. The lowest BCUT2D eigenvalue weighted by Gasteiger charge is -2.14. The van der Waals surface area contributed by atoms with Crippen LogP contribution in [0.15, 0.2) is 36.9 Å². The summed E-state index contributed by atoms with van der Waals surface area (Å²) in [7, 11) is 0. The molecule has 0 radical (unpaired) electrons. The van der Waals surface area contributed by atoms with Crippen molar-refractivity contribution in [3.63, 3.8) is 0 Å². The molecule has 0 spiro atoms. The maximum Gasteiger partial charge on any atom is 0.0274 e. The number of hydrogen-bond donors (Lipinski definition) is 1. The largest absolute Gasteiger partial charge is 0.352 e. The second kappa shape index (κ2) is 6.57. The molecule has 2 unspecified atom stereocenters. The van der Waals surface area contributed by atoms with E-state index in [-0.39, 0.29) is 0 Å². The SMILES string of the molecule is CC(CCC(C)c1ccn(C(C)C)c1)c1ccn(S)c1. The van der Waals surface area contributed by atoms with Crippen molar-refractivity contribution in [2.45, 2.75) is 58.4 Å². The van der Waals surface area contributed by atoms with Crippen molar-refractivity contribution in [3.8, 4) is 0 Å². The molecule has 0 N–H and O–H groups in total. The van der Waals surface area contributed by atoms with Crippen LogP contribution in [0, 0.1) is 0 Å². The first-order chi connectivity index (χ1) is 9.47. The van der Waals surface area contributed by atoms with Crippen LogP contribution in [0.4, 0.5) is 0 Å². The minimum absolute atomic E-state index is 0.546. The summed E-state index contributed by atoms with van der Waals surface area (Å²) in [6.45, 7) is 9.07. The molecule has 20 heavy (non-hydrogen) atoms. The first-order valence-corrected chi connectivity index (χ1v) is 7.92. The number of nitrogens with zero attached hydrogens (tertiary/aromatic N) is 2. The second-order valence-corrected chi connectivity index (χ2v) is 6.65. The van der Waals surface area contributed by atoms with Crippen LogP contribution in [-0.4, -0.2) is 8.54 Å². The summed E-state index contributed by atoms with van der Waals surface area (Å²) < 4.78 is 4.12. The van der Waals surface area contributed by atoms with Gasteiger partial charge in [-0.2, -0.15) is 0 Å². The smallest absolute Gasteiger partial charge is 0.0274 e. The predicted molar refractivity (Wildman–Crippen MR) is 89.7 cm³/mol. The van der Waals surface area contributed by atoms with E-state index in [0.29, 0.717) is 17.9 Å². The summed E-state index contributed by atoms with van der Waals surface area (Å²) in [5.74, 6) is 1.22. The van der Waals surface area contributed by atoms with E-state index in [9.17, 15) is 0 Å². The van der Waals surface area contributed by atoms with Gasteiger partial charge in [-0.15, -0.1) is 0 Å². The van der Waals surface area contributed by atoms with Crippen molar-refractivity contribution in [3.05, 3.63) is 48.0 Å². The van der Waals surface area contributed by atoms with Crippen molar-refractivity contribution < 1.29 is 0 Å². The van der Waals surface area contributed by atoms with Crippen LogP contribution in [0.5, 0.6) is 0 Å². The molecule has 110 valence electrons. The van der Waals surface area contributed by atoms with Gasteiger partial charge in [0, 0.05) is 30.8 Å². The zero-order valence-corrected chi connectivity index (χ0v) is 13.8. The van der Waals surface area contributed by atoms with E-state index in [1.54, 1.807) is 0 Å². The summed E-state index contributed by atoms with van der Waals surface area (Å²) in [5, 5.41) is 0. The van der Waals surface area contributed by atoms with Gasteiger partial charge >= 0.3 is 0 Å². The third-order valence-electron chi connectivity index (χ3n) is 4.21. The zero-order chi connectivity index (χ0) is 14.7. The van der Waals surface area contributed by atoms with Crippen molar-refractivity contribution in [2.75, 3.05) is 0 Å². The summed E-state index contributed by atoms with van der Waals surface area (Å²) in [6, 6.07) is 4.97. The van der Waals surface area contributed by atoms with Gasteiger partial charge in [0.15, 0.2) is 0 Å². The molecule has 2 aromatic heterocycles. The van der Waals surface area contributed by atoms with E-state index in [4.69, 9.17) is 0 Å². The van der Waals surface area contributed by atoms with Gasteiger partial charge in [-0.3, -0.25) is 0 Å².